The number of rotatable bonds is 6. The molecule has 2 N–H and O–H groups in total. The average molecular weight is 234 g/mol. The number of allylic oxidation sites excluding steroid dienone is 2. The van der Waals surface area contributed by atoms with Crippen LogP contribution in [0.5, 0.6) is 0 Å². The van der Waals surface area contributed by atoms with Crippen molar-refractivity contribution in [2.45, 2.75) is 18.8 Å². The van der Waals surface area contributed by atoms with Crippen LogP contribution in [-0.2, 0) is 11.2 Å². The summed E-state index contributed by atoms with van der Waals surface area (Å²) in [5, 5.41) is 15.1. The number of H-pyrrole nitrogens is 1. The molecule has 5 nitrogen and oxygen atoms in total. The van der Waals surface area contributed by atoms with Gasteiger partial charge in [-0.2, -0.15) is 5.10 Å². The van der Waals surface area contributed by atoms with Crippen LogP contribution in [0.1, 0.15) is 23.6 Å². The van der Waals surface area contributed by atoms with Gasteiger partial charge in [-0.15, -0.1) is 13.2 Å². The molecule has 1 unspecified atom stereocenters. The molecule has 1 heterocycles. The first-order valence-electron chi connectivity index (χ1n) is 5.13. The smallest absolute Gasteiger partial charge is 0.312 e. The lowest BCUT2D eigenvalue weighted by Crippen LogP contribution is -2.20. The zero-order valence-corrected chi connectivity index (χ0v) is 9.35. The van der Waals surface area contributed by atoms with Crippen LogP contribution in [0.15, 0.2) is 36.2 Å². The molecule has 0 saturated heterocycles. The molecule has 0 radical (unpaired) electrons. The lowest BCUT2D eigenvalue weighted by Gasteiger charge is -2.09. The van der Waals surface area contributed by atoms with Gasteiger partial charge in [0.25, 0.3) is 5.56 Å². The highest BCUT2D eigenvalue weighted by molar-refractivity contribution is 5.75. The van der Waals surface area contributed by atoms with Crippen molar-refractivity contribution in [3.63, 3.8) is 0 Å². The van der Waals surface area contributed by atoms with Gasteiger partial charge in [0.05, 0.1) is 5.69 Å². The van der Waals surface area contributed by atoms with Crippen molar-refractivity contribution in [3.05, 3.63) is 53.0 Å². The molecule has 0 aliphatic carbocycles. The Bertz CT molecular complexity index is 491. The molecule has 0 fully saturated rings. The zero-order chi connectivity index (χ0) is 12.8. The number of carbonyl (C=O) groups is 1. The van der Waals surface area contributed by atoms with Crippen LogP contribution in [0.25, 0.3) is 0 Å². The van der Waals surface area contributed by atoms with Crippen LogP contribution in [0.3, 0.4) is 0 Å². The van der Waals surface area contributed by atoms with E-state index < -0.39 is 11.9 Å². The molecule has 0 saturated carbocycles. The van der Waals surface area contributed by atoms with E-state index in [9.17, 15) is 9.59 Å². The Hall–Kier alpha value is -2.17. The fourth-order valence-corrected chi connectivity index (χ4v) is 1.46. The Morgan fingerprint density at radius 1 is 1.53 bits per heavy atom. The van der Waals surface area contributed by atoms with E-state index in [0.29, 0.717) is 17.7 Å². The summed E-state index contributed by atoms with van der Waals surface area (Å²) in [6, 6.07) is 1.50. The first kappa shape index (κ1) is 12.9. The molecule has 1 atom stereocenters. The van der Waals surface area contributed by atoms with Crippen molar-refractivity contribution in [3.8, 4) is 0 Å². The number of carboxylic acids is 1. The summed E-state index contributed by atoms with van der Waals surface area (Å²) in [7, 11) is 0. The van der Waals surface area contributed by atoms with Crippen molar-refractivity contribution in [1.29, 1.82) is 0 Å². The second kappa shape index (κ2) is 5.79. The summed E-state index contributed by atoms with van der Waals surface area (Å²) in [5.74, 6) is -1.78. The quantitative estimate of drug-likeness (QED) is 0.725. The van der Waals surface area contributed by atoms with E-state index in [4.69, 9.17) is 5.11 Å². The fraction of sp³-hybridized carbons (Fsp3) is 0.250. The van der Waals surface area contributed by atoms with Crippen LogP contribution in [0, 0.1) is 0 Å². The topological polar surface area (TPSA) is 83.0 Å². The summed E-state index contributed by atoms with van der Waals surface area (Å²) >= 11 is 0. The van der Waals surface area contributed by atoms with Crippen LogP contribution < -0.4 is 5.56 Å². The molecule has 0 aliphatic heterocycles. The molecule has 1 rings (SSSR count). The van der Waals surface area contributed by atoms with Crippen LogP contribution >= 0.6 is 0 Å². The molecule has 0 aromatic carbocycles. The fourth-order valence-electron chi connectivity index (χ4n) is 1.46. The number of nitrogens with zero attached hydrogens (tertiary/aromatic N) is 1. The number of nitrogens with one attached hydrogen (secondary N) is 1. The third kappa shape index (κ3) is 3.14. The minimum absolute atomic E-state index is 0.266. The molecule has 0 amide bonds. The third-order valence-corrected chi connectivity index (χ3v) is 2.32. The second-order valence-electron chi connectivity index (χ2n) is 3.56. The number of carboxylic acid groups (broad SMARTS) is 1. The van der Waals surface area contributed by atoms with Crippen LogP contribution in [0.4, 0.5) is 0 Å². The SMILES string of the molecule is C=CCc1cc(C(CC=C)C(=O)O)n[nH]c1=O. The summed E-state index contributed by atoms with van der Waals surface area (Å²) in [6.45, 7) is 7.04. The van der Waals surface area contributed by atoms with E-state index in [1.54, 1.807) is 6.08 Å². The molecule has 90 valence electrons. The van der Waals surface area contributed by atoms with Crippen molar-refractivity contribution in [2.75, 3.05) is 0 Å². The Morgan fingerprint density at radius 3 is 2.76 bits per heavy atom. The van der Waals surface area contributed by atoms with Gasteiger partial charge in [0.1, 0.15) is 5.92 Å². The lowest BCUT2D eigenvalue weighted by atomic mass is 10.00. The Kier molecular flexibility index (Phi) is 4.39. The van der Waals surface area contributed by atoms with E-state index in [2.05, 4.69) is 23.4 Å². The highest BCUT2D eigenvalue weighted by Gasteiger charge is 2.20. The number of aromatic nitrogens is 2. The van der Waals surface area contributed by atoms with E-state index in [1.807, 2.05) is 0 Å². The number of aromatic amines is 1. The van der Waals surface area contributed by atoms with Gasteiger partial charge < -0.3 is 5.11 Å². The molecule has 5 heteroatoms. The predicted molar refractivity (Wildman–Crippen MR) is 63.9 cm³/mol. The molecular weight excluding hydrogens is 220 g/mol. The van der Waals surface area contributed by atoms with E-state index >= 15 is 0 Å². The maximum absolute atomic E-state index is 11.4. The molecule has 0 bridgehead atoms. The van der Waals surface area contributed by atoms with Gasteiger partial charge >= 0.3 is 5.97 Å². The van der Waals surface area contributed by atoms with E-state index in [0.717, 1.165) is 0 Å². The molecule has 17 heavy (non-hydrogen) atoms. The van der Waals surface area contributed by atoms with Crippen molar-refractivity contribution < 1.29 is 9.90 Å². The largest absolute Gasteiger partial charge is 0.481 e. The number of aliphatic carboxylic acids is 1. The third-order valence-electron chi connectivity index (χ3n) is 2.32. The molecule has 0 aliphatic rings. The van der Waals surface area contributed by atoms with Gasteiger partial charge in [-0.25, -0.2) is 5.10 Å². The summed E-state index contributed by atoms with van der Waals surface area (Å²) in [5.41, 5.74) is 0.463. The maximum Gasteiger partial charge on any atom is 0.312 e. The zero-order valence-electron chi connectivity index (χ0n) is 9.35. The van der Waals surface area contributed by atoms with Crippen LogP contribution in [-0.4, -0.2) is 21.3 Å². The number of hydrogen-bond donors (Lipinski definition) is 2. The molecule has 0 spiro atoms. The minimum atomic E-state index is -0.992. The van der Waals surface area contributed by atoms with Crippen molar-refractivity contribution in [1.82, 2.24) is 10.2 Å². The Labute approximate surface area is 98.5 Å². The summed E-state index contributed by atoms with van der Waals surface area (Å²) in [4.78, 5) is 22.4. The van der Waals surface area contributed by atoms with Gasteiger partial charge in [-0.1, -0.05) is 12.2 Å². The van der Waals surface area contributed by atoms with E-state index in [-0.39, 0.29) is 12.0 Å². The van der Waals surface area contributed by atoms with Gasteiger partial charge in [0.2, 0.25) is 0 Å². The summed E-state index contributed by atoms with van der Waals surface area (Å²) < 4.78 is 0. The van der Waals surface area contributed by atoms with Gasteiger partial charge in [-0.05, 0) is 18.9 Å². The average Bonchev–Trinajstić information content (AvgIpc) is 2.29. The van der Waals surface area contributed by atoms with Crippen molar-refractivity contribution in [2.24, 2.45) is 0 Å². The highest BCUT2D eigenvalue weighted by Crippen LogP contribution is 2.17. The second-order valence-corrected chi connectivity index (χ2v) is 3.56. The van der Waals surface area contributed by atoms with E-state index in [1.165, 1.54) is 12.1 Å². The monoisotopic (exact) mass is 234 g/mol. The first-order valence-corrected chi connectivity index (χ1v) is 5.13. The molecule has 1 aromatic rings. The van der Waals surface area contributed by atoms with Gasteiger partial charge in [-0.3, -0.25) is 9.59 Å². The standard InChI is InChI=1S/C12H14N2O3/c1-3-5-8-7-10(13-14-11(8)15)9(6-4-2)12(16)17/h3-4,7,9H,1-2,5-6H2,(H,14,15)(H,16,17). The normalized spacial score (nSPS) is 11.8. The molecule has 1 aromatic heterocycles. The Morgan fingerprint density at radius 2 is 2.24 bits per heavy atom. The molecular formula is C12H14N2O3. The lowest BCUT2D eigenvalue weighted by molar-refractivity contribution is -0.138. The minimum Gasteiger partial charge on any atom is -0.481 e. The summed E-state index contributed by atoms with van der Waals surface area (Å²) in [6.07, 6.45) is 3.74. The first-order chi connectivity index (χ1) is 8.10. The Balaban J connectivity index is 3.15. The van der Waals surface area contributed by atoms with Crippen LogP contribution in [0.2, 0.25) is 0 Å². The maximum atomic E-state index is 11.4. The number of hydrogen-bond acceptors (Lipinski definition) is 3. The predicted octanol–water partition coefficient (Wildman–Crippen LogP) is 1.24. The van der Waals surface area contributed by atoms with Crippen molar-refractivity contribution >= 4 is 5.97 Å². The van der Waals surface area contributed by atoms with Gasteiger partial charge in [0, 0.05) is 5.56 Å². The highest BCUT2D eigenvalue weighted by atomic mass is 16.4. The van der Waals surface area contributed by atoms with Gasteiger partial charge in [0.15, 0.2) is 0 Å².